The van der Waals surface area contributed by atoms with Gasteiger partial charge in [0.25, 0.3) is 0 Å². The Kier molecular flexibility index (Phi) is 4.03. The Morgan fingerprint density at radius 1 is 1.39 bits per heavy atom. The summed E-state index contributed by atoms with van der Waals surface area (Å²) in [5, 5.41) is 32.3. The molecule has 2 fully saturated rings. The first-order valence-electron chi connectivity index (χ1n) is 6.00. The minimum atomic E-state index is -1.36. The minimum Gasteiger partial charge on any atom is -0.388 e. The molecule has 4 unspecified atom stereocenters. The van der Waals surface area contributed by atoms with Crippen LogP contribution in [0, 0.1) is 0 Å². The summed E-state index contributed by atoms with van der Waals surface area (Å²) < 4.78 is 5.13. The van der Waals surface area contributed by atoms with Crippen molar-refractivity contribution in [2.75, 3.05) is 19.6 Å². The highest BCUT2D eigenvalue weighted by Gasteiger charge is 2.47. The Morgan fingerprint density at radius 2 is 2.11 bits per heavy atom. The fourth-order valence-corrected chi connectivity index (χ4v) is 2.40. The van der Waals surface area contributed by atoms with E-state index in [1.807, 2.05) is 0 Å². The van der Waals surface area contributed by atoms with Crippen molar-refractivity contribution in [2.45, 2.75) is 37.1 Å². The molecule has 0 aliphatic carbocycles. The zero-order valence-corrected chi connectivity index (χ0v) is 9.90. The van der Waals surface area contributed by atoms with Crippen molar-refractivity contribution < 1.29 is 24.9 Å². The molecule has 5 atom stereocenters. The van der Waals surface area contributed by atoms with E-state index in [2.05, 4.69) is 5.32 Å². The van der Waals surface area contributed by atoms with Crippen LogP contribution < -0.4 is 11.1 Å². The lowest BCUT2D eigenvalue weighted by Crippen LogP contribution is -2.67. The largest absolute Gasteiger partial charge is 0.388 e. The zero-order chi connectivity index (χ0) is 13.3. The number of ether oxygens (including phenoxy) is 1. The van der Waals surface area contributed by atoms with E-state index in [0.717, 1.165) is 0 Å². The SMILES string of the molecule is NCC1OC(O)[C@@H](N2CCCNC2=O)C(O)C1O. The second-order valence-corrected chi connectivity index (χ2v) is 4.55. The third kappa shape index (κ3) is 2.29. The van der Waals surface area contributed by atoms with Crippen molar-refractivity contribution in [1.29, 1.82) is 0 Å². The minimum absolute atomic E-state index is 0.0196. The maximum Gasteiger partial charge on any atom is 0.317 e. The van der Waals surface area contributed by atoms with E-state index >= 15 is 0 Å². The Bertz CT molecular complexity index is 316. The van der Waals surface area contributed by atoms with Crippen molar-refractivity contribution in [3.63, 3.8) is 0 Å². The number of urea groups is 1. The molecule has 6 N–H and O–H groups in total. The van der Waals surface area contributed by atoms with Gasteiger partial charge in [-0.3, -0.25) is 0 Å². The highest BCUT2D eigenvalue weighted by Crippen LogP contribution is 2.24. The highest BCUT2D eigenvalue weighted by molar-refractivity contribution is 5.75. The van der Waals surface area contributed by atoms with Gasteiger partial charge in [-0.25, -0.2) is 4.79 Å². The van der Waals surface area contributed by atoms with Crippen LogP contribution in [-0.2, 0) is 4.74 Å². The van der Waals surface area contributed by atoms with Gasteiger partial charge < -0.3 is 36.0 Å². The molecule has 0 saturated carbocycles. The van der Waals surface area contributed by atoms with Crippen molar-refractivity contribution in [2.24, 2.45) is 5.73 Å². The molecule has 2 aliphatic rings. The molecule has 0 spiro atoms. The van der Waals surface area contributed by atoms with Crippen molar-refractivity contribution in [3.8, 4) is 0 Å². The molecule has 18 heavy (non-hydrogen) atoms. The van der Waals surface area contributed by atoms with Crippen LogP contribution >= 0.6 is 0 Å². The average molecular weight is 261 g/mol. The fraction of sp³-hybridized carbons (Fsp3) is 0.900. The summed E-state index contributed by atoms with van der Waals surface area (Å²) >= 11 is 0. The summed E-state index contributed by atoms with van der Waals surface area (Å²) in [5.41, 5.74) is 5.37. The van der Waals surface area contributed by atoms with E-state index in [9.17, 15) is 20.1 Å². The highest BCUT2D eigenvalue weighted by atomic mass is 16.6. The smallest absolute Gasteiger partial charge is 0.317 e. The van der Waals surface area contributed by atoms with E-state index in [-0.39, 0.29) is 12.6 Å². The molecule has 2 amide bonds. The molecule has 2 heterocycles. The van der Waals surface area contributed by atoms with Crippen LogP contribution in [0.2, 0.25) is 0 Å². The number of hydrogen-bond acceptors (Lipinski definition) is 6. The lowest BCUT2D eigenvalue weighted by Gasteiger charge is -2.46. The number of nitrogens with one attached hydrogen (secondary N) is 1. The summed E-state index contributed by atoms with van der Waals surface area (Å²) in [6, 6.07) is -1.37. The number of nitrogens with two attached hydrogens (primary N) is 1. The molecular formula is C10H19N3O5. The molecule has 0 radical (unpaired) electrons. The van der Waals surface area contributed by atoms with E-state index in [0.29, 0.717) is 19.5 Å². The summed E-state index contributed by atoms with van der Waals surface area (Å²) in [6.45, 7) is 0.936. The molecule has 0 aromatic rings. The molecule has 0 aromatic heterocycles. The Hall–Kier alpha value is -0.930. The number of aliphatic hydroxyl groups is 3. The van der Waals surface area contributed by atoms with Crippen LogP contribution in [0.3, 0.4) is 0 Å². The zero-order valence-electron chi connectivity index (χ0n) is 9.90. The van der Waals surface area contributed by atoms with E-state index < -0.39 is 30.6 Å². The second kappa shape index (κ2) is 5.37. The van der Waals surface area contributed by atoms with Gasteiger partial charge >= 0.3 is 6.03 Å². The van der Waals surface area contributed by atoms with Crippen LogP contribution in [0.5, 0.6) is 0 Å². The van der Waals surface area contributed by atoms with Gasteiger partial charge in [-0.1, -0.05) is 0 Å². The summed E-state index contributed by atoms with van der Waals surface area (Å²) in [5.74, 6) is 0. The van der Waals surface area contributed by atoms with E-state index in [1.54, 1.807) is 0 Å². The third-order valence-electron chi connectivity index (χ3n) is 3.39. The number of amides is 2. The lowest BCUT2D eigenvalue weighted by atomic mass is 9.95. The lowest BCUT2D eigenvalue weighted by molar-refractivity contribution is -0.259. The number of rotatable bonds is 2. The predicted molar refractivity (Wildman–Crippen MR) is 60.5 cm³/mol. The van der Waals surface area contributed by atoms with Gasteiger partial charge in [0.15, 0.2) is 6.29 Å². The van der Waals surface area contributed by atoms with Gasteiger partial charge in [-0.2, -0.15) is 0 Å². The van der Waals surface area contributed by atoms with Crippen molar-refractivity contribution in [1.82, 2.24) is 10.2 Å². The standard InChI is InChI=1S/C10H19N3O5/c11-4-5-7(14)8(15)6(9(16)18-5)13-3-1-2-12-10(13)17/h5-9,14-16H,1-4,11H2,(H,12,17)/t5?,6-,7?,8?,9?/m0/s1. The maximum atomic E-state index is 11.7. The number of carbonyl (C=O) groups excluding carboxylic acids is 1. The topological polar surface area (TPSA) is 128 Å². The van der Waals surface area contributed by atoms with Gasteiger partial charge in [-0.15, -0.1) is 0 Å². The van der Waals surface area contributed by atoms with Crippen molar-refractivity contribution in [3.05, 3.63) is 0 Å². The predicted octanol–water partition coefficient (Wildman–Crippen LogP) is -2.83. The van der Waals surface area contributed by atoms with E-state index in [1.165, 1.54) is 4.90 Å². The quantitative estimate of drug-likeness (QED) is 0.364. The van der Waals surface area contributed by atoms with Crippen LogP contribution in [0.25, 0.3) is 0 Å². The van der Waals surface area contributed by atoms with E-state index in [4.69, 9.17) is 10.5 Å². The van der Waals surface area contributed by atoms with Gasteiger partial charge in [0.05, 0.1) is 0 Å². The average Bonchev–Trinajstić information content (AvgIpc) is 2.36. The van der Waals surface area contributed by atoms with Gasteiger partial charge in [0.2, 0.25) is 0 Å². The number of nitrogens with zero attached hydrogens (tertiary/aromatic N) is 1. The second-order valence-electron chi connectivity index (χ2n) is 4.55. The molecule has 0 bridgehead atoms. The van der Waals surface area contributed by atoms with Gasteiger partial charge in [-0.05, 0) is 6.42 Å². The maximum absolute atomic E-state index is 11.7. The van der Waals surface area contributed by atoms with Crippen LogP contribution in [0.15, 0.2) is 0 Å². The number of carbonyl (C=O) groups is 1. The number of hydrogen-bond donors (Lipinski definition) is 5. The van der Waals surface area contributed by atoms with Gasteiger partial charge in [0, 0.05) is 19.6 Å². The van der Waals surface area contributed by atoms with Crippen molar-refractivity contribution >= 4 is 6.03 Å². The van der Waals surface area contributed by atoms with Crippen LogP contribution in [-0.4, -0.2) is 76.5 Å². The monoisotopic (exact) mass is 261 g/mol. The molecule has 2 aliphatic heterocycles. The molecule has 8 heteroatoms. The molecule has 104 valence electrons. The third-order valence-corrected chi connectivity index (χ3v) is 3.39. The fourth-order valence-electron chi connectivity index (χ4n) is 2.40. The Balaban J connectivity index is 2.13. The molecular weight excluding hydrogens is 242 g/mol. The van der Waals surface area contributed by atoms with Gasteiger partial charge in [0.1, 0.15) is 24.4 Å². The Morgan fingerprint density at radius 3 is 2.72 bits per heavy atom. The summed E-state index contributed by atoms with van der Waals surface area (Å²) in [4.78, 5) is 13.0. The first-order valence-corrected chi connectivity index (χ1v) is 6.00. The first kappa shape index (κ1) is 13.5. The Labute approximate surface area is 104 Å². The normalized spacial score (nSPS) is 41.7. The molecule has 8 nitrogen and oxygen atoms in total. The summed E-state index contributed by atoms with van der Waals surface area (Å²) in [6.07, 6.45) is -4.00. The first-order chi connectivity index (χ1) is 8.56. The molecule has 2 rings (SSSR count). The molecule has 2 saturated heterocycles. The summed E-state index contributed by atoms with van der Waals surface area (Å²) in [7, 11) is 0. The van der Waals surface area contributed by atoms with Crippen LogP contribution in [0.1, 0.15) is 6.42 Å². The van der Waals surface area contributed by atoms with Crippen LogP contribution in [0.4, 0.5) is 4.79 Å². The number of aliphatic hydroxyl groups excluding tert-OH is 3. The molecule has 0 aromatic carbocycles.